The number of nitrogens with zero attached hydrogens (tertiary/aromatic N) is 3. The van der Waals surface area contributed by atoms with Crippen molar-refractivity contribution in [1.82, 2.24) is 9.21 Å². The lowest BCUT2D eigenvalue weighted by Crippen LogP contribution is -2.51. The Morgan fingerprint density at radius 2 is 1.83 bits per heavy atom. The van der Waals surface area contributed by atoms with Gasteiger partial charge in [-0.2, -0.15) is 22.7 Å². The molecule has 1 heterocycles. The van der Waals surface area contributed by atoms with Crippen LogP contribution in [0.25, 0.3) is 0 Å². The molecule has 0 atom stereocenters. The van der Waals surface area contributed by atoms with Crippen LogP contribution < -0.4 is 0 Å². The van der Waals surface area contributed by atoms with Gasteiger partial charge < -0.3 is 4.90 Å². The summed E-state index contributed by atoms with van der Waals surface area (Å²) in [5.74, 6) is -1.06. The van der Waals surface area contributed by atoms with Gasteiger partial charge in [-0.1, -0.05) is 6.07 Å². The number of carbonyl (C=O) groups excluding carboxylic acids is 1. The maximum Gasteiger partial charge on any atom is 0.397 e. The summed E-state index contributed by atoms with van der Waals surface area (Å²) in [6.07, 6.45) is -6.14. The predicted octanol–water partition coefficient (Wildman–Crippen LogP) is 1.34. The normalized spacial score (nSPS) is 16.7. The molecule has 130 valence electrons. The summed E-state index contributed by atoms with van der Waals surface area (Å²) < 4.78 is 62.8. The fourth-order valence-electron chi connectivity index (χ4n) is 2.34. The number of hydrogen-bond acceptors (Lipinski definition) is 4. The second-order valence-corrected chi connectivity index (χ2v) is 7.15. The quantitative estimate of drug-likeness (QED) is 0.814. The van der Waals surface area contributed by atoms with Crippen molar-refractivity contribution in [1.29, 1.82) is 5.26 Å². The van der Waals surface area contributed by atoms with E-state index in [1.807, 2.05) is 6.07 Å². The Balaban J connectivity index is 2.06. The van der Waals surface area contributed by atoms with Crippen LogP contribution in [0.1, 0.15) is 12.0 Å². The van der Waals surface area contributed by atoms with Crippen LogP contribution in [0.3, 0.4) is 0 Å². The van der Waals surface area contributed by atoms with Crippen LogP contribution in [0, 0.1) is 11.3 Å². The molecule has 1 amide bonds. The zero-order valence-corrected chi connectivity index (χ0v) is 13.3. The van der Waals surface area contributed by atoms with E-state index in [4.69, 9.17) is 5.26 Å². The number of halogens is 3. The Labute approximate surface area is 137 Å². The van der Waals surface area contributed by atoms with Crippen molar-refractivity contribution < 1.29 is 26.4 Å². The van der Waals surface area contributed by atoms with Crippen molar-refractivity contribution >= 4 is 15.9 Å². The Morgan fingerprint density at radius 1 is 1.21 bits per heavy atom. The van der Waals surface area contributed by atoms with Gasteiger partial charge in [0.15, 0.2) is 0 Å². The molecule has 1 aromatic rings. The first kappa shape index (κ1) is 18.2. The van der Waals surface area contributed by atoms with Gasteiger partial charge in [0.1, 0.15) is 6.42 Å². The van der Waals surface area contributed by atoms with Crippen LogP contribution in [0.15, 0.2) is 29.2 Å². The highest BCUT2D eigenvalue weighted by Crippen LogP contribution is 2.22. The van der Waals surface area contributed by atoms with Gasteiger partial charge in [-0.05, 0) is 18.2 Å². The molecule has 1 saturated heterocycles. The number of sulfonamides is 1. The first-order valence-electron chi connectivity index (χ1n) is 6.98. The number of piperazine rings is 1. The zero-order valence-electron chi connectivity index (χ0n) is 12.5. The Bertz CT molecular complexity index is 763. The van der Waals surface area contributed by atoms with Crippen LogP contribution in [0.2, 0.25) is 0 Å². The number of hydrogen-bond donors (Lipinski definition) is 0. The van der Waals surface area contributed by atoms with Gasteiger partial charge in [-0.3, -0.25) is 4.79 Å². The van der Waals surface area contributed by atoms with E-state index in [0.29, 0.717) is 0 Å². The van der Waals surface area contributed by atoms with Gasteiger partial charge in [-0.25, -0.2) is 8.42 Å². The van der Waals surface area contributed by atoms with Crippen molar-refractivity contribution in [2.45, 2.75) is 17.5 Å². The second-order valence-electron chi connectivity index (χ2n) is 5.22. The maximum atomic E-state index is 12.5. The topological polar surface area (TPSA) is 81.5 Å². The SMILES string of the molecule is N#Cc1cccc(S(=O)(=O)N2CCN(C(=O)CC(F)(F)F)CC2)c1. The van der Waals surface area contributed by atoms with Gasteiger partial charge in [0.25, 0.3) is 0 Å². The second kappa shape index (κ2) is 6.78. The van der Waals surface area contributed by atoms with E-state index in [9.17, 15) is 26.4 Å². The summed E-state index contributed by atoms with van der Waals surface area (Å²) in [7, 11) is -3.86. The van der Waals surface area contributed by atoms with Crippen molar-refractivity contribution in [2.75, 3.05) is 26.2 Å². The first-order valence-corrected chi connectivity index (χ1v) is 8.42. The highest BCUT2D eigenvalue weighted by Gasteiger charge is 2.36. The highest BCUT2D eigenvalue weighted by atomic mass is 32.2. The third-order valence-corrected chi connectivity index (χ3v) is 5.44. The van der Waals surface area contributed by atoms with Gasteiger partial charge in [0.2, 0.25) is 15.9 Å². The number of benzene rings is 1. The van der Waals surface area contributed by atoms with Crippen LogP contribution >= 0.6 is 0 Å². The van der Waals surface area contributed by atoms with Gasteiger partial charge >= 0.3 is 6.18 Å². The van der Waals surface area contributed by atoms with Crippen LogP contribution in [0.4, 0.5) is 13.2 Å². The summed E-state index contributed by atoms with van der Waals surface area (Å²) in [5, 5.41) is 8.83. The first-order chi connectivity index (χ1) is 11.1. The number of alkyl halides is 3. The predicted molar refractivity (Wildman–Crippen MR) is 77.2 cm³/mol. The van der Waals surface area contributed by atoms with E-state index in [2.05, 4.69) is 0 Å². The fourth-order valence-corrected chi connectivity index (χ4v) is 3.80. The monoisotopic (exact) mass is 361 g/mol. The summed E-state index contributed by atoms with van der Waals surface area (Å²) in [6.45, 7) is -0.399. The third-order valence-electron chi connectivity index (χ3n) is 3.54. The van der Waals surface area contributed by atoms with Gasteiger partial charge in [0, 0.05) is 26.2 Å². The van der Waals surface area contributed by atoms with E-state index in [1.54, 1.807) is 0 Å². The molecule has 24 heavy (non-hydrogen) atoms. The molecule has 1 aliphatic heterocycles. The van der Waals surface area contributed by atoms with Gasteiger partial charge in [0.05, 0.1) is 16.5 Å². The molecular weight excluding hydrogens is 347 g/mol. The lowest BCUT2D eigenvalue weighted by Gasteiger charge is -2.34. The Hall–Kier alpha value is -2.12. The number of nitriles is 1. The highest BCUT2D eigenvalue weighted by molar-refractivity contribution is 7.89. The lowest BCUT2D eigenvalue weighted by atomic mass is 10.2. The number of carbonyl (C=O) groups is 1. The number of rotatable bonds is 3. The third kappa shape index (κ3) is 4.24. The average molecular weight is 361 g/mol. The lowest BCUT2D eigenvalue weighted by molar-refractivity contribution is -0.162. The molecule has 0 N–H and O–H groups in total. The minimum Gasteiger partial charge on any atom is -0.340 e. The van der Waals surface area contributed by atoms with Crippen molar-refractivity contribution in [3.8, 4) is 6.07 Å². The molecule has 0 radical (unpaired) electrons. The standard InChI is InChI=1S/C14H14F3N3O3S/c15-14(16,17)9-13(21)19-4-6-20(7-5-19)24(22,23)12-3-1-2-11(8-12)10-18/h1-3,8H,4-7,9H2. The van der Waals surface area contributed by atoms with Crippen LogP contribution in [-0.4, -0.2) is 55.9 Å². The van der Waals surface area contributed by atoms with E-state index in [1.165, 1.54) is 24.3 Å². The minimum absolute atomic E-state index is 0.0587. The fraction of sp³-hybridized carbons (Fsp3) is 0.429. The van der Waals surface area contributed by atoms with E-state index in [0.717, 1.165) is 9.21 Å². The molecule has 0 spiro atoms. The molecule has 6 nitrogen and oxygen atoms in total. The molecule has 2 rings (SSSR count). The summed E-state index contributed by atoms with van der Waals surface area (Å²) in [5.41, 5.74) is 0.190. The maximum absolute atomic E-state index is 12.5. The minimum atomic E-state index is -4.59. The summed E-state index contributed by atoms with van der Waals surface area (Å²) in [6, 6.07) is 7.33. The molecular formula is C14H14F3N3O3S. The zero-order chi connectivity index (χ0) is 18.0. The molecule has 0 unspecified atom stereocenters. The van der Waals surface area contributed by atoms with Crippen molar-refractivity contribution in [3.63, 3.8) is 0 Å². The van der Waals surface area contributed by atoms with Crippen LogP contribution in [-0.2, 0) is 14.8 Å². The summed E-state index contributed by atoms with van der Waals surface area (Å²) >= 11 is 0. The van der Waals surface area contributed by atoms with Crippen molar-refractivity contribution in [2.24, 2.45) is 0 Å². The molecule has 1 aromatic carbocycles. The molecule has 0 saturated carbocycles. The van der Waals surface area contributed by atoms with Crippen molar-refractivity contribution in [3.05, 3.63) is 29.8 Å². The van der Waals surface area contributed by atoms with Crippen LogP contribution in [0.5, 0.6) is 0 Å². The van der Waals surface area contributed by atoms with E-state index in [-0.39, 0.29) is 36.6 Å². The molecule has 1 aliphatic rings. The average Bonchev–Trinajstić information content (AvgIpc) is 2.53. The summed E-state index contributed by atoms with van der Waals surface area (Å²) in [4.78, 5) is 12.5. The Kier molecular flexibility index (Phi) is 5.15. The smallest absolute Gasteiger partial charge is 0.340 e. The molecule has 0 bridgehead atoms. The largest absolute Gasteiger partial charge is 0.397 e. The molecule has 0 aromatic heterocycles. The van der Waals surface area contributed by atoms with E-state index >= 15 is 0 Å². The van der Waals surface area contributed by atoms with E-state index < -0.39 is 28.5 Å². The molecule has 0 aliphatic carbocycles. The molecule has 10 heteroatoms. The Morgan fingerprint density at radius 3 is 2.38 bits per heavy atom. The van der Waals surface area contributed by atoms with Gasteiger partial charge in [-0.15, -0.1) is 0 Å². The molecule has 1 fully saturated rings. The number of amides is 1.